The largest absolute Gasteiger partial charge is 0.325 e. The summed E-state index contributed by atoms with van der Waals surface area (Å²) in [5.41, 5.74) is 0.822. The minimum Gasteiger partial charge on any atom is -0.302 e. The molecule has 1 heterocycles. The van der Waals surface area contributed by atoms with E-state index in [0.717, 1.165) is 11.1 Å². The van der Waals surface area contributed by atoms with Gasteiger partial charge in [0.1, 0.15) is 5.54 Å². The fraction of sp³-hybridized carbons (Fsp3) is 0.176. The third kappa shape index (κ3) is 2.18. The third-order valence-electron chi connectivity index (χ3n) is 3.97. The van der Waals surface area contributed by atoms with Crippen LogP contribution in [0.4, 0.5) is 4.79 Å². The third-order valence-corrected chi connectivity index (χ3v) is 3.97. The van der Waals surface area contributed by atoms with Crippen LogP contribution in [0.25, 0.3) is 0 Å². The smallest absolute Gasteiger partial charge is 0.302 e. The molecule has 1 fully saturated rings. The zero-order chi connectivity index (χ0) is 14.9. The van der Waals surface area contributed by atoms with Gasteiger partial charge in [-0.25, -0.2) is 4.79 Å². The molecule has 3 amide bonds. The maximum atomic E-state index is 12.3. The Labute approximate surface area is 123 Å². The van der Waals surface area contributed by atoms with Crippen LogP contribution in [-0.4, -0.2) is 16.8 Å². The van der Waals surface area contributed by atoms with E-state index in [4.69, 9.17) is 0 Å². The first-order valence-electron chi connectivity index (χ1n) is 6.85. The highest BCUT2D eigenvalue weighted by molar-refractivity contribution is 6.07. The van der Waals surface area contributed by atoms with Crippen molar-refractivity contribution in [2.75, 3.05) is 0 Å². The highest BCUT2D eigenvalue weighted by Gasteiger charge is 2.50. The fourth-order valence-corrected chi connectivity index (χ4v) is 2.66. The number of amides is 3. The molecule has 2 aromatic rings. The molecule has 1 unspecified atom stereocenters. The summed E-state index contributed by atoms with van der Waals surface area (Å²) in [7, 11) is 0. The van der Waals surface area contributed by atoms with Crippen molar-refractivity contribution in [3.63, 3.8) is 0 Å². The summed E-state index contributed by atoms with van der Waals surface area (Å²) in [6.07, 6.45) is 0. The number of carbonyl (C=O) groups excluding carboxylic acids is 2. The SMILES string of the molecule is CC1(c2ccccc2)C(=O)NC(=O)N1Cc1ccccc1. The Balaban J connectivity index is 2.00. The minimum atomic E-state index is -0.978. The number of imide groups is 1. The molecule has 0 aromatic heterocycles. The van der Waals surface area contributed by atoms with Gasteiger partial charge in [-0.2, -0.15) is 0 Å². The lowest BCUT2D eigenvalue weighted by atomic mass is 9.90. The Bertz CT molecular complexity index is 670. The molecule has 106 valence electrons. The van der Waals surface area contributed by atoms with E-state index < -0.39 is 5.54 Å². The van der Waals surface area contributed by atoms with Gasteiger partial charge in [-0.05, 0) is 18.1 Å². The second-order valence-corrected chi connectivity index (χ2v) is 5.27. The van der Waals surface area contributed by atoms with Crippen LogP contribution in [0, 0.1) is 0 Å². The average molecular weight is 280 g/mol. The van der Waals surface area contributed by atoms with E-state index in [1.165, 1.54) is 0 Å². The summed E-state index contributed by atoms with van der Waals surface area (Å²) in [6, 6.07) is 18.7. The molecule has 21 heavy (non-hydrogen) atoms. The Morgan fingerprint density at radius 1 is 0.952 bits per heavy atom. The van der Waals surface area contributed by atoms with Crippen molar-refractivity contribution in [2.45, 2.75) is 19.0 Å². The predicted octanol–water partition coefficient (Wildman–Crippen LogP) is 2.65. The summed E-state index contributed by atoms with van der Waals surface area (Å²) >= 11 is 0. The molecule has 0 bridgehead atoms. The van der Waals surface area contributed by atoms with Crippen LogP contribution in [0.1, 0.15) is 18.1 Å². The molecule has 0 saturated carbocycles. The maximum Gasteiger partial charge on any atom is 0.325 e. The van der Waals surface area contributed by atoms with E-state index in [1.807, 2.05) is 60.7 Å². The highest BCUT2D eigenvalue weighted by Crippen LogP contribution is 2.33. The van der Waals surface area contributed by atoms with Gasteiger partial charge in [0, 0.05) is 6.54 Å². The molecule has 0 spiro atoms. The molecule has 1 aliphatic heterocycles. The number of benzene rings is 2. The lowest BCUT2D eigenvalue weighted by Gasteiger charge is -2.32. The van der Waals surface area contributed by atoms with Crippen LogP contribution in [0.2, 0.25) is 0 Å². The van der Waals surface area contributed by atoms with Crippen LogP contribution in [0.3, 0.4) is 0 Å². The normalized spacial score (nSPS) is 21.5. The first-order chi connectivity index (χ1) is 10.1. The Morgan fingerprint density at radius 2 is 1.52 bits per heavy atom. The number of nitrogens with zero attached hydrogens (tertiary/aromatic N) is 1. The molecule has 0 aliphatic carbocycles. The van der Waals surface area contributed by atoms with Crippen molar-refractivity contribution in [1.82, 2.24) is 10.2 Å². The van der Waals surface area contributed by atoms with Crippen LogP contribution in [0.15, 0.2) is 60.7 Å². The van der Waals surface area contributed by atoms with Crippen LogP contribution < -0.4 is 5.32 Å². The van der Waals surface area contributed by atoms with Gasteiger partial charge in [-0.15, -0.1) is 0 Å². The quantitative estimate of drug-likeness (QED) is 0.879. The lowest BCUT2D eigenvalue weighted by molar-refractivity contribution is -0.126. The fourth-order valence-electron chi connectivity index (χ4n) is 2.66. The second kappa shape index (κ2) is 5.05. The molecular formula is C17H16N2O2. The zero-order valence-electron chi connectivity index (χ0n) is 11.7. The maximum absolute atomic E-state index is 12.3. The van der Waals surface area contributed by atoms with Gasteiger partial charge >= 0.3 is 6.03 Å². The van der Waals surface area contributed by atoms with Gasteiger partial charge in [-0.3, -0.25) is 10.1 Å². The van der Waals surface area contributed by atoms with Gasteiger partial charge in [0.05, 0.1) is 0 Å². The van der Waals surface area contributed by atoms with Crippen LogP contribution in [0.5, 0.6) is 0 Å². The summed E-state index contributed by atoms with van der Waals surface area (Å²) in [5, 5.41) is 2.42. The number of hydrogen-bond donors (Lipinski definition) is 1. The molecule has 1 saturated heterocycles. The Kier molecular flexibility index (Phi) is 3.22. The summed E-state index contributed by atoms with van der Waals surface area (Å²) in [6.45, 7) is 2.18. The Morgan fingerprint density at radius 3 is 2.14 bits per heavy atom. The van der Waals surface area contributed by atoms with Crippen molar-refractivity contribution in [2.24, 2.45) is 0 Å². The molecule has 1 N–H and O–H groups in total. The van der Waals surface area contributed by atoms with E-state index in [0.29, 0.717) is 6.54 Å². The lowest BCUT2D eigenvalue weighted by Crippen LogP contribution is -2.43. The van der Waals surface area contributed by atoms with Gasteiger partial charge < -0.3 is 4.90 Å². The predicted molar refractivity (Wildman–Crippen MR) is 79.3 cm³/mol. The van der Waals surface area contributed by atoms with Gasteiger partial charge in [0.15, 0.2) is 0 Å². The van der Waals surface area contributed by atoms with Crippen molar-refractivity contribution >= 4 is 11.9 Å². The molecule has 1 aliphatic rings. The summed E-state index contributed by atoms with van der Waals surface area (Å²) in [5.74, 6) is -0.283. The van der Waals surface area contributed by atoms with Crippen LogP contribution >= 0.6 is 0 Å². The summed E-state index contributed by atoms with van der Waals surface area (Å²) in [4.78, 5) is 26.1. The van der Waals surface area contributed by atoms with Crippen molar-refractivity contribution in [3.8, 4) is 0 Å². The molecule has 4 heteroatoms. The van der Waals surface area contributed by atoms with Crippen molar-refractivity contribution < 1.29 is 9.59 Å². The standard InChI is InChI=1S/C17H16N2O2/c1-17(14-10-6-3-7-11-14)15(20)18-16(21)19(17)12-13-8-4-2-5-9-13/h2-11H,12H2,1H3,(H,18,20,21). The first kappa shape index (κ1) is 13.4. The number of hydrogen-bond acceptors (Lipinski definition) is 2. The van der Waals surface area contributed by atoms with Gasteiger partial charge in [0.25, 0.3) is 5.91 Å². The van der Waals surface area contributed by atoms with Gasteiger partial charge in [0.2, 0.25) is 0 Å². The van der Waals surface area contributed by atoms with E-state index >= 15 is 0 Å². The zero-order valence-corrected chi connectivity index (χ0v) is 11.7. The molecule has 3 rings (SSSR count). The second-order valence-electron chi connectivity index (χ2n) is 5.27. The monoisotopic (exact) mass is 280 g/mol. The Hall–Kier alpha value is -2.62. The number of urea groups is 1. The number of nitrogens with one attached hydrogen (secondary N) is 1. The van der Waals surface area contributed by atoms with E-state index in [9.17, 15) is 9.59 Å². The van der Waals surface area contributed by atoms with Crippen molar-refractivity contribution in [3.05, 3.63) is 71.8 Å². The molecule has 1 atom stereocenters. The van der Waals surface area contributed by atoms with E-state index in [2.05, 4.69) is 5.32 Å². The van der Waals surface area contributed by atoms with E-state index in [-0.39, 0.29) is 11.9 Å². The number of rotatable bonds is 3. The highest BCUT2D eigenvalue weighted by atomic mass is 16.2. The number of carbonyl (C=O) groups is 2. The minimum absolute atomic E-state index is 0.283. The molecule has 2 aromatic carbocycles. The topological polar surface area (TPSA) is 49.4 Å². The first-order valence-corrected chi connectivity index (χ1v) is 6.85. The van der Waals surface area contributed by atoms with Gasteiger partial charge in [-0.1, -0.05) is 60.7 Å². The summed E-state index contributed by atoms with van der Waals surface area (Å²) < 4.78 is 0. The van der Waals surface area contributed by atoms with Crippen LogP contribution in [-0.2, 0) is 16.9 Å². The molecule has 0 radical (unpaired) electrons. The average Bonchev–Trinajstić information content (AvgIpc) is 2.74. The molecule has 4 nitrogen and oxygen atoms in total. The molecular weight excluding hydrogens is 264 g/mol. The van der Waals surface area contributed by atoms with E-state index in [1.54, 1.807) is 11.8 Å². The van der Waals surface area contributed by atoms with Crippen molar-refractivity contribution in [1.29, 1.82) is 0 Å².